The van der Waals surface area contributed by atoms with Gasteiger partial charge in [0.2, 0.25) is 0 Å². The van der Waals surface area contributed by atoms with Crippen LogP contribution < -0.4 is 14.4 Å². The van der Waals surface area contributed by atoms with Crippen molar-refractivity contribution in [1.82, 2.24) is 0 Å². The standard InChI is InChI=1S/C19H19NO5/c1-2-24-13-7-9-14(10-8-13)25-12-18(21)20-11-16(19(22)23)15-5-3-4-6-17(15)20/h3-10,16H,2,11-12H2,1H3,(H,22,23). The Hall–Kier alpha value is -3.02. The first-order valence-corrected chi connectivity index (χ1v) is 8.08. The maximum atomic E-state index is 12.5. The number of hydrogen-bond acceptors (Lipinski definition) is 4. The minimum Gasteiger partial charge on any atom is -0.494 e. The number of carbonyl (C=O) groups excluding carboxylic acids is 1. The highest BCUT2D eigenvalue weighted by Gasteiger charge is 2.36. The second kappa shape index (κ2) is 7.25. The molecule has 0 saturated heterocycles. The van der Waals surface area contributed by atoms with Gasteiger partial charge in [-0.05, 0) is 42.8 Å². The summed E-state index contributed by atoms with van der Waals surface area (Å²) >= 11 is 0. The van der Waals surface area contributed by atoms with Crippen molar-refractivity contribution >= 4 is 17.6 Å². The number of carboxylic acid groups (broad SMARTS) is 1. The molecule has 25 heavy (non-hydrogen) atoms. The lowest BCUT2D eigenvalue weighted by Crippen LogP contribution is -2.35. The van der Waals surface area contributed by atoms with Gasteiger partial charge < -0.3 is 19.5 Å². The zero-order valence-corrected chi connectivity index (χ0v) is 13.8. The molecular formula is C19H19NO5. The zero-order chi connectivity index (χ0) is 17.8. The Morgan fingerprint density at radius 1 is 1.08 bits per heavy atom. The molecule has 1 atom stereocenters. The van der Waals surface area contributed by atoms with E-state index in [-0.39, 0.29) is 19.1 Å². The lowest BCUT2D eigenvalue weighted by molar-refractivity contribution is -0.138. The van der Waals surface area contributed by atoms with Crippen molar-refractivity contribution in [2.45, 2.75) is 12.8 Å². The Kier molecular flexibility index (Phi) is 4.88. The molecule has 2 aromatic rings. The third-order valence-corrected chi connectivity index (χ3v) is 4.06. The van der Waals surface area contributed by atoms with Crippen LogP contribution in [0.1, 0.15) is 18.4 Å². The van der Waals surface area contributed by atoms with Gasteiger partial charge >= 0.3 is 5.97 Å². The molecule has 2 aromatic carbocycles. The van der Waals surface area contributed by atoms with E-state index in [0.29, 0.717) is 23.6 Å². The summed E-state index contributed by atoms with van der Waals surface area (Å²) in [6.07, 6.45) is 0. The van der Waals surface area contributed by atoms with Crippen LogP contribution in [0.4, 0.5) is 5.69 Å². The minimum absolute atomic E-state index is 0.125. The average molecular weight is 341 g/mol. The van der Waals surface area contributed by atoms with E-state index in [0.717, 1.165) is 5.75 Å². The summed E-state index contributed by atoms with van der Waals surface area (Å²) < 4.78 is 10.9. The fourth-order valence-electron chi connectivity index (χ4n) is 2.88. The number of anilines is 1. The lowest BCUT2D eigenvalue weighted by atomic mass is 10.0. The highest BCUT2D eigenvalue weighted by molar-refractivity contribution is 5.99. The molecule has 0 aliphatic carbocycles. The molecule has 3 rings (SSSR count). The summed E-state index contributed by atoms with van der Waals surface area (Å²) in [6, 6.07) is 14.1. The van der Waals surface area contributed by atoms with Crippen LogP contribution in [-0.4, -0.2) is 36.7 Å². The van der Waals surface area contributed by atoms with Crippen molar-refractivity contribution in [3.05, 3.63) is 54.1 Å². The summed E-state index contributed by atoms with van der Waals surface area (Å²) in [5, 5.41) is 9.36. The van der Waals surface area contributed by atoms with Crippen LogP contribution >= 0.6 is 0 Å². The van der Waals surface area contributed by atoms with Gasteiger partial charge in [-0.3, -0.25) is 9.59 Å². The monoisotopic (exact) mass is 341 g/mol. The van der Waals surface area contributed by atoms with Gasteiger partial charge in [0.05, 0.1) is 6.61 Å². The SMILES string of the molecule is CCOc1ccc(OCC(=O)N2CC(C(=O)O)c3ccccc32)cc1. The van der Waals surface area contributed by atoms with Crippen LogP contribution in [0.2, 0.25) is 0 Å². The highest BCUT2D eigenvalue weighted by atomic mass is 16.5. The van der Waals surface area contributed by atoms with Crippen LogP contribution in [0.25, 0.3) is 0 Å². The number of amides is 1. The minimum atomic E-state index is -0.935. The molecule has 0 bridgehead atoms. The van der Waals surface area contributed by atoms with E-state index >= 15 is 0 Å². The van der Waals surface area contributed by atoms with E-state index in [1.807, 2.05) is 6.92 Å². The smallest absolute Gasteiger partial charge is 0.312 e. The molecule has 1 N–H and O–H groups in total. The van der Waals surface area contributed by atoms with Crippen LogP contribution in [0, 0.1) is 0 Å². The first-order chi connectivity index (χ1) is 12.1. The summed E-state index contributed by atoms with van der Waals surface area (Å²) in [5.74, 6) is -0.621. The predicted octanol–water partition coefficient (Wildman–Crippen LogP) is 2.68. The summed E-state index contributed by atoms with van der Waals surface area (Å²) in [6.45, 7) is 2.45. The van der Waals surface area contributed by atoms with Crippen LogP contribution in [0.15, 0.2) is 48.5 Å². The summed E-state index contributed by atoms with van der Waals surface area (Å²) in [7, 11) is 0. The third kappa shape index (κ3) is 3.57. The molecule has 0 aromatic heterocycles. The molecular weight excluding hydrogens is 322 g/mol. The van der Waals surface area contributed by atoms with Crippen LogP contribution in [-0.2, 0) is 9.59 Å². The first kappa shape index (κ1) is 16.8. The van der Waals surface area contributed by atoms with E-state index in [9.17, 15) is 14.7 Å². The topological polar surface area (TPSA) is 76.1 Å². The number of benzene rings is 2. The van der Waals surface area contributed by atoms with Crippen LogP contribution in [0.3, 0.4) is 0 Å². The number of aliphatic carboxylic acids is 1. The first-order valence-electron chi connectivity index (χ1n) is 8.08. The van der Waals surface area contributed by atoms with Gasteiger partial charge in [0.1, 0.15) is 17.4 Å². The van der Waals surface area contributed by atoms with Gasteiger partial charge in [0, 0.05) is 12.2 Å². The van der Waals surface area contributed by atoms with Gasteiger partial charge in [0.15, 0.2) is 6.61 Å². The van der Waals surface area contributed by atoms with Gasteiger partial charge in [-0.15, -0.1) is 0 Å². The number of fused-ring (bicyclic) bond motifs is 1. The maximum absolute atomic E-state index is 12.5. The second-order valence-corrected chi connectivity index (χ2v) is 5.65. The summed E-state index contributed by atoms with van der Waals surface area (Å²) in [4.78, 5) is 25.4. The number of rotatable bonds is 6. The average Bonchev–Trinajstić information content (AvgIpc) is 3.01. The van der Waals surface area contributed by atoms with Crippen LogP contribution in [0.5, 0.6) is 11.5 Å². The molecule has 1 aliphatic rings. The quantitative estimate of drug-likeness (QED) is 0.874. The Morgan fingerprint density at radius 3 is 2.36 bits per heavy atom. The van der Waals surface area contributed by atoms with Gasteiger partial charge in [-0.25, -0.2) is 0 Å². The molecule has 1 heterocycles. The van der Waals surface area contributed by atoms with Crippen molar-refractivity contribution < 1.29 is 24.2 Å². The van der Waals surface area contributed by atoms with Gasteiger partial charge in [-0.1, -0.05) is 18.2 Å². The van der Waals surface area contributed by atoms with Crippen molar-refractivity contribution in [1.29, 1.82) is 0 Å². The van der Waals surface area contributed by atoms with Crippen molar-refractivity contribution in [3.8, 4) is 11.5 Å². The third-order valence-electron chi connectivity index (χ3n) is 4.06. The molecule has 0 saturated carbocycles. The Labute approximate surface area is 145 Å². The van der Waals surface area contributed by atoms with Crippen molar-refractivity contribution in [2.24, 2.45) is 0 Å². The van der Waals surface area contributed by atoms with Gasteiger partial charge in [-0.2, -0.15) is 0 Å². The predicted molar refractivity (Wildman–Crippen MR) is 92.3 cm³/mol. The Balaban J connectivity index is 1.66. The molecule has 0 radical (unpaired) electrons. The number of ether oxygens (including phenoxy) is 2. The van der Waals surface area contributed by atoms with Crippen molar-refractivity contribution in [2.75, 3.05) is 24.7 Å². The number of carbonyl (C=O) groups is 2. The lowest BCUT2D eigenvalue weighted by Gasteiger charge is -2.17. The molecule has 1 unspecified atom stereocenters. The Bertz CT molecular complexity index is 772. The van der Waals surface area contributed by atoms with E-state index < -0.39 is 11.9 Å². The molecule has 0 spiro atoms. The fraction of sp³-hybridized carbons (Fsp3) is 0.263. The molecule has 1 aliphatic heterocycles. The number of carboxylic acids is 1. The molecule has 130 valence electrons. The molecule has 0 fully saturated rings. The second-order valence-electron chi connectivity index (χ2n) is 5.65. The largest absolute Gasteiger partial charge is 0.494 e. The van der Waals surface area contributed by atoms with Crippen molar-refractivity contribution in [3.63, 3.8) is 0 Å². The number of nitrogens with zero attached hydrogens (tertiary/aromatic N) is 1. The van der Waals surface area contributed by atoms with Gasteiger partial charge in [0.25, 0.3) is 5.91 Å². The van der Waals surface area contributed by atoms with E-state index in [4.69, 9.17) is 9.47 Å². The zero-order valence-electron chi connectivity index (χ0n) is 13.8. The highest BCUT2D eigenvalue weighted by Crippen LogP contribution is 2.36. The molecule has 1 amide bonds. The van der Waals surface area contributed by atoms with E-state index in [1.54, 1.807) is 48.5 Å². The molecule has 6 heteroatoms. The normalized spacial score (nSPS) is 15.6. The number of para-hydroxylation sites is 1. The summed E-state index contributed by atoms with van der Waals surface area (Å²) in [5.41, 5.74) is 1.29. The molecule has 6 nitrogen and oxygen atoms in total. The fourth-order valence-corrected chi connectivity index (χ4v) is 2.88. The van der Waals surface area contributed by atoms with E-state index in [1.165, 1.54) is 4.90 Å². The Morgan fingerprint density at radius 2 is 1.72 bits per heavy atom. The maximum Gasteiger partial charge on any atom is 0.312 e. The van der Waals surface area contributed by atoms with E-state index in [2.05, 4.69) is 0 Å². The number of hydrogen-bond donors (Lipinski definition) is 1.